The minimum Gasteiger partial charge on any atom is -0.495 e. The summed E-state index contributed by atoms with van der Waals surface area (Å²) in [5.41, 5.74) is 2.76. The van der Waals surface area contributed by atoms with Crippen LogP contribution in [0.3, 0.4) is 0 Å². The largest absolute Gasteiger partial charge is 0.495 e. The van der Waals surface area contributed by atoms with Crippen LogP contribution in [0.25, 0.3) is 0 Å². The van der Waals surface area contributed by atoms with Crippen LogP contribution in [-0.4, -0.2) is 37.0 Å². The second-order valence-corrected chi connectivity index (χ2v) is 7.12. The standard InChI is InChI=1S/C22H27N3O3/c1-16-10-11-20(28-2)19(13-16)24-21(26)18-9-6-12-25(15-18)22(27)23-14-17-7-4-3-5-8-17/h3-5,7-8,10-11,13,18H,6,9,12,14-15H2,1-2H3,(H,23,27)(H,24,26)/t18-/m1/s1. The number of carbonyl (C=O) groups excluding carboxylic acids is 2. The highest BCUT2D eigenvalue weighted by Crippen LogP contribution is 2.27. The number of ether oxygens (including phenoxy) is 1. The second kappa shape index (κ2) is 9.26. The number of methoxy groups -OCH3 is 1. The predicted molar refractivity (Wildman–Crippen MR) is 109 cm³/mol. The quantitative estimate of drug-likeness (QED) is 0.832. The Morgan fingerprint density at radius 2 is 1.96 bits per heavy atom. The van der Waals surface area contributed by atoms with Crippen LogP contribution in [0.4, 0.5) is 10.5 Å². The molecule has 148 valence electrons. The van der Waals surface area contributed by atoms with Crippen molar-refractivity contribution >= 4 is 17.6 Å². The molecular formula is C22H27N3O3. The predicted octanol–water partition coefficient (Wildman–Crippen LogP) is 3.56. The number of urea groups is 1. The highest BCUT2D eigenvalue weighted by molar-refractivity contribution is 5.94. The van der Waals surface area contributed by atoms with E-state index in [9.17, 15) is 9.59 Å². The van der Waals surface area contributed by atoms with E-state index in [4.69, 9.17) is 4.74 Å². The highest BCUT2D eigenvalue weighted by Gasteiger charge is 2.28. The van der Waals surface area contributed by atoms with Crippen molar-refractivity contribution in [1.82, 2.24) is 10.2 Å². The molecule has 1 fully saturated rings. The molecule has 3 rings (SSSR count). The maximum absolute atomic E-state index is 12.8. The summed E-state index contributed by atoms with van der Waals surface area (Å²) in [7, 11) is 1.58. The fourth-order valence-electron chi connectivity index (χ4n) is 3.42. The minimum absolute atomic E-state index is 0.0792. The van der Waals surface area contributed by atoms with E-state index in [-0.39, 0.29) is 17.9 Å². The average Bonchev–Trinajstić information content (AvgIpc) is 2.73. The zero-order valence-corrected chi connectivity index (χ0v) is 16.4. The monoisotopic (exact) mass is 381 g/mol. The van der Waals surface area contributed by atoms with Crippen LogP contribution >= 0.6 is 0 Å². The van der Waals surface area contributed by atoms with Gasteiger partial charge < -0.3 is 20.3 Å². The van der Waals surface area contributed by atoms with Crippen molar-refractivity contribution in [2.45, 2.75) is 26.3 Å². The molecule has 6 nitrogen and oxygen atoms in total. The third-order valence-electron chi connectivity index (χ3n) is 4.98. The summed E-state index contributed by atoms with van der Waals surface area (Å²) >= 11 is 0. The number of hydrogen-bond donors (Lipinski definition) is 2. The maximum atomic E-state index is 12.8. The Kier molecular flexibility index (Phi) is 6.53. The molecule has 0 bridgehead atoms. The summed E-state index contributed by atoms with van der Waals surface area (Å²) in [4.78, 5) is 27.0. The van der Waals surface area contributed by atoms with E-state index in [1.807, 2.05) is 55.5 Å². The molecule has 1 atom stereocenters. The molecule has 0 unspecified atom stereocenters. The summed E-state index contributed by atoms with van der Waals surface area (Å²) in [6.07, 6.45) is 1.57. The van der Waals surface area contributed by atoms with E-state index in [0.717, 1.165) is 24.0 Å². The number of benzene rings is 2. The Morgan fingerprint density at radius 3 is 2.71 bits per heavy atom. The van der Waals surface area contributed by atoms with Gasteiger partial charge in [-0.15, -0.1) is 0 Å². The van der Waals surface area contributed by atoms with Crippen molar-refractivity contribution in [2.24, 2.45) is 5.92 Å². The van der Waals surface area contributed by atoms with Gasteiger partial charge in [0.2, 0.25) is 5.91 Å². The minimum atomic E-state index is -0.235. The third kappa shape index (κ3) is 5.03. The Labute approximate surface area is 165 Å². The van der Waals surface area contributed by atoms with Gasteiger partial charge in [0.05, 0.1) is 18.7 Å². The fraction of sp³-hybridized carbons (Fsp3) is 0.364. The molecule has 1 aliphatic heterocycles. The SMILES string of the molecule is COc1ccc(C)cc1NC(=O)[C@@H]1CCCN(C(=O)NCc2ccccc2)C1. The van der Waals surface area contributed by atoms with E-state index in [2.05, 4.69) is 10.6 Å². The number of nitrogens with zero attached hydrogens (tertiary/aromatic N) is 1. The smallest absolute Gasteiger partial charge is 0.317 e. The number of likely N-dealkylation sites (tertiary alicyclic amines) is 1. The highest BCUT2D eigenvalue weighted by atomic mass is 16.5. The van der Waals surface area contributed by atoms with Gasteiger partial charge in [-0.05, 0) is 43.0 Å². The zero-order valence-electron chi connectivity index (χ0n) is 16.4. The summed E-state index contributed by atoms with van der Waals surface area (Å²) < 4.78 is 5.33. The first-order valence-corrected chi connectivity index (χ1v) is 9.59. The molecule has 0 aromatic heterocycles. The average molecular weight is 381 g/mol. The second-order valence-electron chi connectivity index (χ2n) is 7.12. The first-order chi connectivity index (χ1) is 13.6. The van der Waals surface area contributed by atoms with Crippen LogP contribution < -0.4 is 15.4 Å². The van der Waals surface area contributed by atoms with Gasteiger partial charge in [-0.2, -0.15) is 0 Å². The van der Waals surface area contributed by atoms with Gasteiger partial charge >= 0.3 is 6.03 Å². The van der Waals surface area contributed by atoms with Crippen molar-refractivity contribution in [3.8, 4) is 5.75 Å². The number of piperidine rings is 1. The molecule has 0 aliphatic carbocycles. The van der Waals surface area contributed by atoms with Crippen molar-refractivity contribution in [2.75, 3.05) is 25.5 Å². The molecule has 0 spiro atoms. The number of hydrogen-bond acceptors (Lipinski definition) is 3. The first-order valence-electron chi connectivity index (χ1n) is 9.59. The number of nitrogens with one attached hydrogen (secondary N) is 2. The Morgan fingerprint density at radius 1 is 1.18 bits per heavy atom. The molecular weight excluding hydrogens is 354 g/mol. The summed E-state index contributed by atoms with van der Waals surface area (Å²) in [5.74, 6) is 0.318. The Hall–Kier alpha value is -3.02. The van der Waals surface area contributed by atoms with Crippen LogP contribution in [0.2, 0.25) is 0 Å². The van der Waals surface area contributed by atoms with Gasteiger partial charge in [-0.1, -0.05) is 36.4 Å². The first kappa shape index (κ1) is 19.7. The van der Waals surface area contributed by atoms with E-state index in [1.165, 1.54) is 0 Å². The molecule has 0 radical (unpaired) electrons. The fourth-order valence-corrected chi connectivity index (χ4v) is 3.42. The van der Waals surface area contributed by atoms with Gasteiger partial charge in [-0.3, -0.25) is 4.79 Å². The molecule has 1 aliphatic rings. The summed E-state index contributed by atoms with van der Waals surface area (Å²) in [6.45, 7) is 3.53. The molecule has 2 N–H and O–H groups in total. The number of anilines is 1. The van der Waals surface area contributed by atoms with E-state index in [1.54, 1.807) is 12.0 Å². The van der Waals surface area contributed by atoms with E-state index >= 15 is 0 Å². The summed E-state index contributed by atoms with van der Waals surface area (Å²) in [5, 5.41) is 5.91. The van der Waals surface area contributed by atoms with Gasteiger partial charge in [0.25, 0.3) is 0 Å². The number of carbonyl (C=O) groups is 2. The summed E-state index contributed by atoms with van der Waals surface area (Å²) in [6, 6.07) is 15.3. The van der Waals surface area contributed by atoms with E-state index in [0.29, 0.717) is 31.1 Å². The van der Waals surface area contributed by atoms with Gasteiger partial charge in [-0.25, -0.2) is 4.79 Å². The van der Waals surface area contributed by atoms with Crippen LogP contribution in [0, 0.1) is 12.8 Å². The Bertz CT molecular complexity index is 823. The van der Waals surface area contributed by atoms with Crippen LogP contribution in [0.5, 0.6) is 5.75 Å². The molecule has 0 saturated carbocycles. The number of amides is 3. The lowest BCUT2D eigenvalue weighted by molar-refractivity contribution is -0.121. The third-order valence-corrected chi connectivity index (χ3v) is 4.98. The van der Waals surface area contributed by atoms with Crippen molar-refractivity contribution in [1.29, 1.82) is 0 Å². The molecule has 2 aromatic rings. The van der Waals surface area contributed by atoms with Gasteiger partial charge in [0, 0.05) is 19.6 Å². The molecule has 2 aromatic carbocycles. The Balaban J connectivity index is 1.57. The molecule has 1 heterocycles. The van der Waals surface area contributed by atoms with Crippen molar-refractivity contribution < 1.29 is 14.3 Å². The molecule has 3 amide bonds. The molecule has 28 heavy (non-hydrogen) atoms. The van der Waals surface area contributed by atoms with Crippen LogP contribution in [0.15, 0.2) is 48.5 Å². The maximum Gasteiger partial charge on any atom is 0.317 e. The lowest BCUT2D eigenvalue weighted by Crippen LogP contribution is -2.47. The molecule has 6 heteroatoms. The van der Waals surface area contributed by atoms with Crippen LogP contribution in [-0.2, 0) is 11.3 Å². The van der Waals surface area contributed by atoms with E-state index < -0.39 is 0 Å². The van der Waals surface area contributed by atoms with Gasteiger partial charge in [0.1, 0.15) is 5.75 Å². The van der Waals surface area contributed by atoms with Crippen molar-refractivity contribution in [3.05, 3.63) is 59.7 Å². The van der Waals surface area contributed by atoms with Crippen molar-refractivity contribution in [3.63, 3.8) is 0 Å². The number of aryl methyl sites for hydroxylation is 1. The zero-order chi connectivity index (χ0) is 19.9. The lowest BCUT2D eigenvalue weighted by atomic mass is 9.97. The molecule has 1 saturated heterocycles. The topological polar surface area (TPSA) is 70.7 Å². The normalized spacial score (nSPS) is 16.4. The number of rotatable bonds is 5. The lowest BCUT2D eigenvalue weighted by Gasteiger charge is -2.32. The van der Waals surface area contributed by atoms with Gasteiger partial charge in [0.15, 0.2) is 0 Å². The van der Waals surface area contributed by atoms with Crippen LogP contribution in [0.1, 0.15) is 24.0 Å².